The molecule has 124 valence electrons. The molecule has 1 heterocycles. The highest BCUT2D eigenvalue weighted by Gasteiger charge is 2.15. The summed E-state index contributed by atoms with van der Waals surface area (Å²) in [6.45, 7) is 2.26. The highest BCUT2D eigenvalue weighted by Crippen LogP contribution is 2.22. The highest BCUT2D eigenvalue weighted by atomic mass is 19.2. The quantitative estimate of drug-likeness (QED) is 0.798. The van der Waals surface area contributed by atoms with Gasteiger partial charge >= 0.3 is 0 Å². The largest absolute Gasteiger partial charge is 0.309 e. The predicted octanol–water partition coefficient (Wildman–Crippen LogP) is 3.39. The van der Waals surface area contributed by atoms with E-state index in [9.17, 15) is 13.6 Å². The van der Waals surface area contributed by atoms with Crippen molar-refractivity contribution in [3.8, 4) is 0 Å². The van der Waals surface area contributed by atoms with E-state index in [1.165, 1.54) is 6.07 Å². The molecule has 0 aliphatic carbocycles. The molecule has 0 aliphatic rings. The Morgan fingerprint density at radius 2 is 1.92 bits per heavy atom. The summed E-state index contributed by atoms with van der Waals surface area (Å²) < 4.78 is 26.5. The zero-order valence-corrected chi connectivity index (χ0v) is 13.4. The Labute approximate surface area is 137 Å². The smallest absolute Gasteiger partial charge is 0.258 e. The summed E-state index contributed by atoms with van der Waals surface area (Å²) in [6.07, 6.45) is 0. The lowest BCUT2D eigenvalue weighted by molar-refractivity contribution is 0.246. The summed E-state index contributed by atoms with van der Waals surface area (Å²) >= 11 is 0. The first-order valence-corrected chi connectivity index (χ1v) is 7.59. The van der Waals surface area contributed by atoms with Crippen LogP contribution in [0.1, 0.15) is 24.4 Å². The van der Waals surface area contributed by atoms with Gasteiger partial charge in [-0.15, -0.1) is 0 Å². The van der Waals surface area contributed by atoms with Gasteiger partial charge in [0.25, 0.3) is 5.56 Å². The summed E-state index contributed by atoms with van der Waals surface area (Å²) in [4.78, 5) is 21.2. The Bertz CT molecular complexity index is 939. The molecule has 3 aromatic rings. The van der Waals surface area contributed by atoms with Gasteiger partial charge in [0, 0.05) is 6.04 Å². The Morgan fingerprint density at radius 1 is 1.17 bits per heavy atom. The number of H-pyrrole nitrogens is 1. The van der Waals surface area contributed by atoms with Crippen LogP contribution in [0.4, 0.5) is 8.78 Å². The van der Waals surface area contributed by atoms with E-state index in [2.05, 4.69) is 9.97 Å². The molecule has 2 aromatic carbocycles. The number of para-hydroxylation sites is 1. The molecule has 0 bridgehead atoms. The summed E-state index contributed by atoms with van der Waals surface area (Å²) in [7, 11) is 1.83. The molecule has 24 heavy (non-hydrogen) atoms. The second-order valence-electron chi connectivity index (χ2n) is 5.79. The number of hydrogen-bond donors (Lipinski definition) is 1. The van der Waals surface area contributed by atoms with E-state index in [0.29, 0.717) is 28.8 Å². The van der Waals surface area contributed by atoms with Gasteiger partial charge in [-0.3, -0.25) is 9.69 Å². The molecule has 0 amide bonds. The Morgan fingerprint density at radius 3 is 2.67 bits per heavy atom. The first-order valence-electron chi connectivity index (χ1n) is 7.59. The van der Waals surface area contributed by atoms with Crippen LogP contribution in [0, 0.1) is 11.6 Å². The van der Waals surface area contributed by atoms with Gasteiger partial charge in [-0.25, -0.2) is 13.8 Å². The van der Waals surface area contributed by atoms with E-state index in [-0.39, 0.29) is 11.6 Å². The normalized spacial score (nSPS) is 12.7. The number of aromatic nitrogens is 2. The average Bonchev–Trinajstić information content (AvgIpc) is 2.56. The molecular formula is C18H17F2N3O. The number of rotatable bonds is 4. The number of nitrogens with zero attached hydrogens (tertiary/aromatic N) is 2. The van der Waals surface area contributed by atoms with Crippen molar-refractivity contribution in [1.29, 1.82) is 0 Å². The number of halogens is 2. The molecule has 0 saturated carbocycles. The van der Waals surface area contributed by atoms with Gasteiger partial charge in [0.15, 0.2) is 11.6 Å². The Hall–Kier alpha value is -2.60. The van der Waals surface area contributed by atoms with Crippen LogP contribution in [-0.2, 0) is 6.54 Å². The lowest BCUT2D eigenvalue weighted by Gasteiger charge is -2.24. The molecular weight excluding hydrogens is 312 g/mol. The van der Waals surface area contributed by atoms with Crippen LogP contribution in [0.25, 0.3) is 10.9 Å². The fraction of sp³-hybridized carbons (Fsp3) is 0.222. The Kier molecular flexibility index (Phi) is 4.40. The number of benzene rings is 2. The number of fused-ring (bicyclic) bond motifs is 1. The van der Waals surface area contributed by atoms with Gasteiger partial charge in [0.1, 0.15) is 5.82 Å². The molecule has 0 aliphatic heterocycles. The van der Waals surface area contributed by atoms with Crippen LogP contribution in [0.15, 0.2) is 47.3 Å². The molecule has 0 unspecified atom stereocenters. The van der Waals surface area contributed by atoms with E-state index >= 15 is 0 Å². The van der Waals surface area contributed by atoms with Crippen molar-refractivity contribution in [2.45, 2.75) is 19.5 Å². The van der Waals surface area contributed by atoms with Crippen molar-refractivity contribution in [1.82, 2.24) is 14.9 Å². The zero-order valence-electron chi connectivity index (χ0n) is 13.4. The standard InChI is InChI=1S/C18H17F2N3O/c1-11(12-7-8-14(19)15(20)9-12)23(2)10-17-21-16-6-4-3-5-13(16)18(24)22-17/h3-9,11H,10H2,1-2H3,(H,21,22,24)/t11-/m1/s1. The van der Waals surface area contributed by atoms with E-state index in [1.54, 1.807) is 24.3 Å². The number of aromatic amines is 1. The predicted molar refractivity (Wildman–Crippen MR) is 88.6 cm³/mol. The third-order valence-electron chi connectivity index (χ3n) is 4.15. The molecule has 1 aromatic heterocycles. The molecule has 1 N–H and O–H groups in total. The minimum absolute atomic E-state index is 0.170. The molecule has 0 spiro atoms. The molecule has 0 saturated heterocycles. The maximum Gasteiger partial charge on any atom is 0.258 e. The maximum absolute atomic E-state index is 13.4. The molecule has 3 rings (SSSR count). The second kappa shape index (κ2) is 6.49. The fourth-order valence-corrected chi connectivity index (χ4v) is 2.61. The van der Waals surface area contributed by atoms with E-state index < -0.39 is 11.6 Å². The second-order valence-corrected chi connectivity index (χ2v) is 5.79. The zero-order chi connectivity index (χ0) is 17.3. The van der Waals surface area contributed by atoms with Crippen molar-refractivity contribution in [3.05, 3.63) is 75.8 Å². The van der Waals surface area contributed by atoms with Gasteiger partial charge in [-0.05, 0) is 43.8 Å². The maximum atomic E-state index is 13.4. The van der Waals surface area contributed by atoms with E-state index in [0.717, 1.165) is 6.07 Å². The van der Waals surface area contributed by atoms with Crippen LogP contribution < -0.4 is 5.56 Å². The van der Waals surface area contributed by atoms with Crippen LogP contribution >= 0.6 is 0 Å². The average molecular weight is 329 g/mol. The molecule has 0 radical (unpaired) electrons. The van der Waals surface area contributed by atoms with Crippen LogP contribution in [-0.4, -0.2) is 21.9 Å². The number of nitrogens with one attached hydrogen (secondary N) is 1. The molecule has 1 atom stereocenters. The van der Waals surface area contributed by atoms with Gasteiger partial charge in [-0.1, -0.05) is 18.2 Å². The van der Waals surface area contributed by atoms with Gasteiger partial charge < -0.3 is 4.98 Å². The third kappa shape index (κ3) is 3.19. The lowest BCUT2D eigenvalue weighted by atomic mass is 10.1. The summed E-state index contributed by atoms with van der Waals surface area (Å²) in [5, 5.41) is 0.539. The van der Waals surface area contributed by atoms with Crippen molar-refractivity contribution < 1.29 is 8.78 Å². The van der Waals surface area contributed by atoms with Crippen molar-refractivity contribution in [2.75, 3.05) is 7.05 Å². The third-order valence-corrected chi connectivity index (χ3v) is 4.15. The van der Waals surface area contributed by atoms with Crippen LogP contribution in [0.5, 0.6) is 0 Å². The number of hydrogen-bond acceptors (Lipinski definition) is 3. The van der Waals surface area contributed by atoms with Gasteiger partial charge in [-0.2, -0.15) is 0 Å². The first kappa shape index (κ1) is 16.3. The summed E-state index contributed by atoms with van der Waals surface area (Å²) in [5.74, 6) is -1.21. The van der Waals surface area contributed by atoms with E-state index in [4.69, 9.17) is 0 Å². The molecule has 4 nitrogen and oxygen atoms in total. The monoisotopic (exact) mass is 329 g/mol. The topological polar surface area (TPSA) is 49.0 Å². The lowest BCUT2D eigenvalue weighted by Crippen LogP contribution is -2.25. The molecule has 6 heteroatoms. The fourth-order valence-electron chi connectivity index (χ4n) is 2.61. The van der Waals surface area contributed by atoms with Crippen LogP contribution in [0.2, 0.25) is 0 Å². The summed E-state index contributed by atoms with van der Waals surface area (Å²) in [6, 6.07) is 10.8. The Balaban J connectivity index is 1.84. The first-order chi connectivity index (χ1) is 11.5. The molecule has 0 fully saturated rings. The van der Waals surface area contributed by atoms with Crippen molar-refractivity contribution in [2.24, 2.45) is 0 Å². The minimum Gasteiger partial charge on any atom is -0.309 e. The minimum atomic E-state index is -0.870. The highest BCUT2D eigenvalue weighted by molar-refractivity contribution is 5.77. The van der Waals surface area contributed by atoms with Crippen molar-refractivity contribution >= 4 is 10.9 Å². The summed E-state index contributed by atoms with van der Waals surface area (Å²) in [5.41, 5.74) is 1.09. The van der Waals surface area contributed by atoms with Crippen LogP contribution in [0.3, 0.4) is 0 Å². The van der Waals surface area contributed by atoms with Crippen molar-refractivity contribution in [3.63, 3.8) is 0 Å². The van der Waals surface area contributed by atoms with E-state index in [1.807, 2.05) is 24.9 Å². The SMILES string of the molecule is C[C@H](c1ccc(F)c(F)c1)N(C)Cc1nc2ccccc2c(=O)[nH]1. The van der Waals surface area contributed by atoms with Gasteiger partial charge in [0.05, 0.1) is 17.4 Å². The van der Waals surface area contributed by atoms with Gasteiger partial charge in [0.2, 0.25) is 0 Å².